The Bertz CT molecular complexity index is 1400. The van der Waals surface area contributed by atoms with Gasteiger partial charge in [-0.15, -0.1) is 0 Å². The van der Waals surface area contributed by atoms with E-state index < -0.39 is 11.5 Å². The lowest BCUT2D eigenvalue weighted by atomic mass is 10.1. The van der Waals surface area contributed by atoms with Crippen LogP contribution >= 0.6 is 11.6 Å². The number of rotatable bonds is 3. The molecule has 30 heavy (non-hydrogen) atoms. The van der Waals surface area contributed by atoms with E-state index in [0.717, 1.165) is 10.5 Å². The van der Waals surface area contributed by atoms with Gasteiger partial charge in [0.25, 0.3) is 11.8 Å². The van der Waals surface area contributed by atoms with Crippen molar-refractivity contribution in [3.05, 3.63) is 93.1 Å². The van der Waals surface area contributed by atoms with Crippen LogP contribution in [-0.4, -0.2) is 26.7 Å². The SMILES string of the molecule is O=C1c2ccc(-c3nc4cc(Cl)ccc4c(=O)o3)cc2C(=O)N1Cc1cccnc1. The van der Waals surface area contributed by atoms with Crippen molar-refractivity contribution in [3.63, 3.8) is 0 Å². The molecule has 1 aliphatic rings. The first-order valence-corrected chi connectivity index (χ1v) is 9.39. The van der Waals surface area contributed by atoms with Gasteiger partial charge in [-0.05, 0) is 48.0 Å². The number of amides is 2. The zero-order chi connectivity index (χ0) is 20.8. The van der Waals surface area contributed by atoms with Gasteiger partial charge < -0.3 is 4.42 Å². The van der Waals surface area contributed by atoms with E-state index in [2.05, 4.69) is 9.97 Å². The second-order valence-corrected chi connectivity index (χ2v) is 7.22. The lowest BCUT2D eigenvalue weighted by Crippen LogP contribution is -2.29. The summed E-state index contributed by atoms with van der Waals surface area (Å²) < 4.78 is 5.33. The second-order valence-electron chi connectivity index (χ2n) is 6.79. The molecular weight excluding hydrogens is 406 g/mol. The van der Waals surface area contributed by atoms with Crippen molar-refractivity contribution in [2.75, 3.05) is 0 Å². The number of benzene rings is 2. The van der Waals surface area contributed by atoms with E-state index in [1.54, 1.807) is 48.8 Å². The Kier molecular flexibility index (Phi) is 4.18. The maximum Gasteiger partial charge on any atom is 0.347 e. The molecule has 2 aromatic carbocycles. The number of imide groups is 1. The highest BCUT2D eigenvalue weighted by Crippen LogP contribution is 2.29. The number of pyridine rings is 1. The summed E-state index contributed by atoms with van der Waals surface area (Å²) in [5, 5.41) is 0.741. The number of fused-ring (bicyclic) bond motifs is 2. The maximum atomic E-state index is 12.9. The lowest BCUT2D eigenvalue weighted by Gasteiger charge is -2.13. The van der Waals surface area contributed by atoms with Crippen LogP contribution in [-0.2, 0) is 6.54 Å². The molecule has 146 valence electrons. The Morgan fingerprint density at radius 3 is 2.60 bits per heavy atom. The number of nitrogens with zero attached hydrogens (tertiary/aromatic N) is 3. The Balaban J connectivity index is 1.55. The van der Waals surface area contributed by atoms with Gasteiger partial charge in [0, 0.05) is 23.0 Å². The van der Waals surface area contributed by atoms with Gasteiger partial charge in [-0.3, -0.25) is 19.5 Å². The third-order valence-corrected chi connectivity index (χ3v) is 5.11. The van der Waals surface area contributed by atoms with E-state index >= 15 is 0 Å². The quantitative estimate of drug-likeness (QED) is 0.472. The molecule has 0 atom stereocenters. The molecule has 0 fully saturated rings. The molecule has 0 spiro atoms. The summed E-state index contributed by atoms with van der Waals surface area (Å²) in [6.45, 7) is 0.122. The molecule has 0 radical (unpaired) electrons. The van der Waals surface area contributed by atoms with E-state index in [9.17, 15) is 14.4 Å². The Morgan fingerprint density at radius 2 is 1.80 bits per heavy atom. The molecular formula is C22H12ClN3O4. The summed E-state index contributed by atoms with van der Waals surface area (Å²) in [6.07, 6.45) is 3.23. The molecule has 8 heteroatoms. The molecule has 7 nitrogen and oxygen atoms in total. The summed E-state index contributed by atoms with van der Waals surface area (Å²) >= 11 is 6.00. The molecule has 1 aliphatic heterocycles. The van der Waals surface area contributed by atoms with Crippen LogP contribution < -0.4 is 5.63 Å². The van der Waals surface area contributed by atoms with Crippen LogP contribution in [0.4, 0.5) is 0 Å². The number of carbonyl (C=O) groups excluding carboxylic acids is 2. The monoisotopic (exact) mass is 417 g/mol. The molecule has 2 aromatic heterocycles. The number of hydrogen-bond acceptors (Lipinski definition) is 6. The third kappa shape index (κ3) is 2.96. The fourth-order valence-corrected chi connectivity index (χ4v) is 3.58. The van der Waals surface area contributed by atoms with Crippen LogP contribution in [0.1, 0.15) is 26.3 Å². The van der Waals surface area contributed by atoms with Gasteiger partial charge in [0.2, 0.25) is 5.89 Å². The van der Waals surface area contributed by atoms with Crippen molar-refractivity contribution in [1.82, 2.24) is 14.9 Å². The third-order valence-electron chi connectivity index (χ3n) is 4.87. The first-order valence-electron chi connectivity index (χ1n) is 9.01. The zero-order valence-electron chi connectivity index (χ0n) is 15.3. The molecule has 2 amide bonds. The highest BCUT2D eigenvalue weighted by atomic mass is 35.5. The van der Waals surface area contributed by atoms with Crippen molar-refractivity contribution in [1.29, 1.82) is 0 Å². The summed E-state index contributed by atoms with van der Waals surface area (Å²) in [4.78, 5) is 47.4. The van der Waals surface area contributed by atoms with Crippen LogP contribution in [0, 0.1) is 0 Å². The predicted molar refractivity (Wildman–Crippen MR) is 109 cm³/mol. The van der Waals surface area contributed by atoms with E-state index in [1.165, 1.54) is 12.1 Å². The first-order chi connectivity index (χ1) is 14.5. The summed E-state index contributed by atoms with van der Waals surface area (Å²) in [7, 11) is 0. The Labute approximate surface area is 174 Å². The highest BCUT2D eigenvalue weighted by Gasteiger charge is 2.36. The number of carbonyl (C=O) groups is 2. The van der Waals surface area contributed by atoms with Crippen molar-refractivity contribution < 1.29 is 14.0 Å². The van der Waals surface area contributed by atoms with Crippen LogP contribution in [0.5, 0.6) is 0 Å². The largest absolute Gasteiger partial charge is 0.403 e. The lowest BCUT2D eigenvalue weighted by molar-refractivity contribution is 0.0642. The average Bonchev–Trinajstić information content (AvgIpc) is 2.98. The number of aromatic nitrogens is 2. The second kappa shape index (κ2) is 6.89. The zero-order valence-corrected chi connectivity index (χ0v) is 16.1. The topological polar surface area (TPSA) is 93.4 Å². The minimum absolute atomic E-state index is 0.0449. The van der Waals surface area contributed by atoms with Gasteiger partial charge in [0.05, 0.1) is 28.6 Å². The molecule has 0 N–H and O–H groups in total. The van der Waals surface area contributed by atoms with Crippen LogP contribution in [0.2, 0.25) is 5.02 Å². The number of halogens is 1. The standard InChI is InChI=1S/C22H12ClN3O4/c23-14-4-6-16-18(9-14)25-19(30-22(16)29)13-3-5-15-17(8-13)21(28)26(20(15)27)11-12-2-1-7-24-10-12/h1-10H,11H2. The highest BCUT2D eigenvalue weighted by molar-refractivity contribution is 6.31. The predicted octanol–water partition coefficient (Wildman–Crippen LogP) is 3.70. The molecule has 4 aromatic rings. The van der Waals surface area contributed by atoms with Gasteiger partial charge >= 0.3 is 5.63 Å². The molecule has 3 heterocycles. The van der Waals surface area contributed by atoms with E-state index in [0.29, 0.717) is 27.1 Å². The van der Waals surface area contributed by atoms with Crippen LogP contribution in [0.3, 0.4) is 0 Å². The Morgan fingerprint density at radius 1 is 0.967 bits per heavy atom. The molecule has 0 aliphatic carbocycles. The summed E-state index contributed by atoms with van der Waals surface area (Å²) in [6, 6.07) is 12.9. The van der Waals surface area contributed by atoms with E-state index in [1.807, 2.05) is 0 Å². The minimum Gasteiger partial charge on any atom is -0.403 e. The molecule has 0 unspecified atom stereocenters. The normalized spacial score (nSPS) is 13.2. The molecule has 0 saturated carbocycles. The van der Waals surface area contributed by atoms with Gasteiger partial charge in [-0.2, -0.15) is 0 Å². The van der Waals surface area contributed by atoms with Crippen LogP contribution in [0.15, 0.2) is 70.1 Å². The van der Waals surface area contributed by atoms with Gasteiger partial charge in [-0.1, -0.05) is 17.7 Å². The number of hydrogen-bond donors (Lipinski definition) is 0. The van der Waals surface area contributed by atoms with Gasteiger partial charge in [0.15, 0.2) is 0 Å². The summed E-state index contributed by atoms with van der Waals surface area (Å²) in [5.74, 6) is -0.763. The Hall–Kier alpha value is -3.84. The molecule has 5 rings (SSSR count). The molecule has 0 saturated heterocycles. The van der Waals surface area contributed by atoms with E-state index in [-0.39, 0.29) is 23.9 Å². The fourth-order valence-electron chi connectivity index (χ4n) is 3.41. The minimum atomic E-state index is -0.562. The van der Waals surface area contributed by atoms with Gasteiger partial charge in [0.1, 0.15) is 0 Å². The van der Waals surface area contributed by atoms with Crippen molar-refractivity contribution in [2.24, 2.45) is 0 Å². The average molecular weight is 418 g/mol. The fraction of sp³-hybridized carbons (Fsp3) is 0.0455. The van der Waals surface area contributed by atoms with Crippen LogP contribution in [0.25, 0.3) is 22.4 Å². The van der Waals surface area contributed by atoms with Crippen molar-refractivity contribution in [2.45, 2.75) is 6.54 Å². The smallest absolute Gasteiger partial charge is 0.347 e. The van der Waals surface area contributed by atoms with Crippen molar-refractivity contribution in [3.8, 4) is 11.5 Å². The van der Waals surface area contributed by atoms with E-state index in [4.69, 9.17) is 16.0 Å². The summed E-state index contributed by atoms with van der Waals surface area (Å²) in [5.41, 5.74) is 1.50. The van der Waals surface area contributed by atoms with Crippen molar-refractivity contribution >= 4 is 34.3 Å². The molecule has 0 bridgehead atoms. The first kappa shape index (κ1) is 18.2. The van der Waals surface area contributed by atoms with Gasteiger partial charge in [-0.25, -0.2) is 9.78 Å². The maximum absolute atomic E-state index is 12.9.